The summed E-state index contributed by atoms with van der Waals surface area (Å²) in [5, 5.41) is 62.9. The molecule has 0 spiro atoms. The van der Waals surface area contributed by atoms with Crippen LogP contribution in [0.15, 0.2) is 18.2 Å². The molecule has 0 aromatic heterocycles. The maximum absolute atomic E-state index is 11.0. The van der Waals surface area contributed by atoms with Gasteiger partial charge in [0.1, 0.15) is 18.3 Å². The van der Waals surface area contributed by atoms with E-state index < -0.39 is 42.5 Å². The topological polar surface area (TPSA) is 177 Å². The highest BCUT2D eigenvalue weighted by molar-refractivity contribution is 5.64. The fourth-order valence-corrected chi connectivity index (χ4v) is 5.78. The molecule has 2 aromatic carbocycles. The van der Waals surface area contributed by atoms with E-state index in [1.54, 1.807) is 25.1 Å². The molecule has 8 atom stereocenters. The van der Waals surface area contributed by atoms with Gasteiger partial charge in [0.2, 0.25) is 11.5 Å². The van der Waals surface area contributed by atoms with Crippen molar-refractivity contribution in [2.75, 3.05) is 41.7 Å². The van der Waals surface area contributed by atoms with Crippen LogP contribution in [0.2, 0.25) is 0 Å². The third-order valence-corrected chi connectivity index (χ3v) is 7.95. The zero-order valence-electron chi connectivity index (χ0n) is 23.1. The van der Waals surface area contributed by atoms with E-state index in [4.69, 9.17) is 28.4 Å². The number of aromatic hydroxyl groups is 2. The molecule has 0 bridgehead atoms. The van der Waals surface area contributed by atoms with Crippen LogP contribution in [0.4, 0.5) is 0 Å². The lowest BCUT2D eigenvalue weighted by molar-refractivity contribution is -0.296. The summed E-state index contributed by atoms with van der Waals surface area (Å²) in [5.74, 6) is -1.19. The van der Waals surface area contributed by atoms with Crippen LogP contribution in [0, 0.1) is 11.8 Å². The highest BCUT2D eigenvalue weighted by atomic mass is 16.7. The minimum Gasteiger partial charge on any atom is -0.502 e. The molecule has 0 unspecified atom stereocenters. The van der Waals surface area contributed by atoms with E-state index in [0.29, 0.717) is 17.5 Å². The second-order valence-corrected chi connectivity index (χ2v) is 10.1. The van der Waals surface area contributed by atoms with E-state index in [9.17, 15) is 30.6 Å². The Bertz CT molecular complexity index is 1160. The summed E-state index contributed by atoms with van der Waals surface area (Å²) in [6, 6.07) is 4.96. The Morgan fingerprint density at radius 3 is 1.98 bits per heavy atom. The second-order valence-electron chi connectivity index (χ2n) is 10.1. The molecule has 12 heteroatoms. The number of aliphatic hydroxyl groups is 4. The third kappa shape index (κ3) is 5.22. The van der Waals surface area contributed by atoms with Gasteiger partial charge in [-0.3, -0.25) is 0 Å². The van der Waals surface area contributed by atoms with E-state index in [0.717, 1.165) is 5.56 Å². The highest BCUT2D eigenvalue weighted by Gasteiger charge is 2.45. The first-order chi connectivity index (χ1) is 19.1. The zero-order valence-corrected chi connectivity index (χ0v) is 23.1. The molecule has 2 aliphatic rings. The Morgan fingerprint density at radius 2 is 1.43 bits per heavy atom. The predicted octanol–water partition coefficient (Wildman–Crippen LogP) is 0.889. The van der Waals surface area contributed by atoms with Crippen LogP contribution < -0.4 is 18.9 Å². The second kappa shape index (κ2) is 12.2. The fraction of sp³-hybridized carbons (Fsp3) is 0.571. The fourth-order valence-electron chi connectivity index (χ4n) is 5.78. The average Bonchev–Trinajstić information content (AvgIpc) is 2.96. The Hall–Kier alpha value is -3.00. The molecule has 6 N–H and O–H groups in total. The van der Waals surface area contributed by atoms with Crippen molar-refractivity contribution in [1.29, 1.82) is 0 Å². The van der Waals surface area contributed by atoms with Gasteiger partial charge in [0.25, 0.3) is 0 Å². The first-order valence-electron chi connectivity index (χ1n) is 12.9. The minimum absolute atomic E-state index is 0.0615. The summed E-state index contributed by atoms with van der Waals surface area (Å²) in [7, 11) is 5.67. The Labute approximate surface area is 232 Å². The van der Waals surface area contributed by atoms with Crippen molar-refractivity contribution in [3.63, 3.8) is 0 Å². The van der Waals surface area contributed by atoms with Crippen molar-refractivity contribution in [1.82, 2.24) is 0 Å². The first kappa shape index (κ1) is 30.0. The average molecular weight is 567 g/mol. The minimum atomic E-state index is -1.51. The molecule has 2 aromatic rings. The summed E-state index contributed by atoms with van der Waals surface area (Å²) in [6.07, 6.45) is -5.93. The number of hydrogen-bond donors (Lipinski definition) is 6. The van der Waals surface area contributed by atoms with Crippen LogP contribution >= 0.6 is 0 Å². The summed E-state index contributed by atoms with van der Waals surface area (Å²) < 4.78 is 33.5. The van der Waals surface area contributed by atoms with E-state index in [2.05, 4.69) is 0 Å². The summed E-state index contributed by atoms with van der Waals surface area (Å²) in [4.78, 5) is 0. The van der Waals surface area contributed by atoms with Gasteiger partial charge in [-0.1, -0.05) is 0 Å². The van der Waals surface area contributed by atoms with Gasteiger partial charge in [0.15, 0.2) is 29.3 Å². The van der Waals surface area contributed by atoms with Gasteiger partial charge in [-0.2, -0.15) is 0 Å². The molecule has 4 rings (SSSR count). The maximum Gasteiger partial charge on any atom is 0.201 e. The highest BCUT2D eigenvalue weighted by Crippen LogP contribution is 2.54. The number of phenols is 2. The Kier molecular flexibility index (Phi) is 9.18. The van der Waals surface area contributed by atoms with Gasteiger partial charge >= 0.3 is 0 Å². The van der Waals surface area contributed by atoms with Crippen LogP contribution in [0.5, 0.6) is 34.5 Å². The smallest absolute Gasteiger partial charge is 0.201 e. The first-order valence-corrected chi connectivity index (χ1v) is 12.9. The van der Waals surface area contributed by atoms with E-state index in [1.807, 2.05) is 0 Å². The van der Waals surface area contributed by atoms with Crippen molar-refractivity contribution in [3.8, 4) is 34.5 Å². The summed E-state index contributed by atoms with van der Waals surface area (Å²) in [6.45, 7) is 1.27. The molecule has 1 heterocycles. The van der Waals surface area contributed by atoms with Crippen LogP contribution in [0.3, 0.4) is 0 Å². The number of benzene rings is 2. The van der Waals surface area contributed by atoms with E-state index in [1.165, 1.54) is 28.4 Å². The number of ether oxygens (including phenoxy) is 6. The van der Waals surface area contributed by atoms with Crippen molar-refractivity contribution in [3.05, 3.63) is 34.9 Å². The lowest BCUT2D eigenvalue weighted by atomic mass is 9.66. The van der Waals surface area contributed by atoms with E-state index >= 15 is 0 Å². The van der Waals surface area contributed by atoms with Gasteiger partial charge in [-0.05, 0) is 54.5 Å². The predicted molar refractivity (Wildman–Crippen MR) is 140 cm³/mol. The van der Waals surface area contributed by atoms with Crippen molar-refractivity contribution in [2.24, 2.45) is 11.8 Å². The zero-order chi connectivity index (χ0) is 29.3. The lowest BCUT2D eigenvalue weighted by Crippen LogP contribution is -2.57. The number of aliphatic hydroxyl groups excluding tert-OH is 4. The molecule has 0 saturated carbocycles. The number of methoxy groups -OCH3 is 4. The van der Waals surface area contributed by atoms with Gasteiger partial charge in [-0.25, -0.2) is 0 Å². The van der Waals surface area contributed by atoms with Gasteiger partial charge in [0, 0.05) is 18.1 Å². The van der Waals surface area contributed by atoms with E-state index in [-0.39, 0.29) is 53.6 Å². The Balaban J connectivity index is 1.86. The summed E-state index contributed by atoms with van der Waals surface area (Å²) >= 11 is 0. The largest absolute Gasteiger partial charge is 0.502 e. The van der Waals surface area contributed by atoms with Crippen molar-refractivity contribution >= 4 is 0 Å². The Morgan fingerprint density at radius 1 is 0.825 bits per heavy atom. The number of hydrogen-bond acceptors (Lipinski definition) is 12. The van der Waals surface area contributed by atoms with Crippen molar-refractivity contribution in [2.45, 2.75) is 50.0 Å². The van der Waals surface area contributed by atoms with Crippen LogP contribution in [-0.4, -0.2) is 103 Å². The molecule has 1 fully saturated rings. The van der Waals surface area contributed by atoms with Gasteiger partial charge in [-0.15, -0.1) is 0 Å². The lowest BCUT2D eigenvalue weighted by Gasteiger charge is -2.43. The molecule has 12 nitrogen and oxygen atoms in total. The molecule has 1 aliphatic carbocycles. The quantitative estimate of drug-likeness (QED) is 0.253. The molecule has 222 valence electrons. The monoisotopic (exact) mass is 566 g/mol. The number of phenolic OH excluding ortho intramolecular Hbond substituents is 2. The maximum atomic E-state index is 11.0. The van der Waals surface area contributed by atoms with Crippen molar-refractivity contribution < 1.29 is 59.1 Å². The molecule has 40 heavy (non-hydrogen) atoms. The molecule has 0 amide bonds. The van der Waals surface area contributed by atoms with Crippen LogP contribution in [0.1, 0.15) is 29.5 Å². The van der Waals surface area contributed by atoms with Gasteiger partial charge < -0.3 is 59.1 Å². The molecular formula is C28H38O12. The number of rotatable bonds is 9. The third-order valence-electron chi connectivity index (χ3n) is 7.95. The number of fused-ring (bicyclic) bond motifs is 1. The molecular weight excluding hydrogens is 528 g/mol. The van der Waals surface area contributed by atoms with Crippen LogP contribution in [-0.2, 0) is 15.9 Å². The van der Waals surface area contributed by atoms with Crippen LogP contribution in [0.25, 0.3) is 0 Å². The molecule has 1 saturated heterocycles. The molecule has 0 radical (unpaired) electrons. The summed E-state index contributed by atoms with van der Waals surface area (Å²) in [5.41, 5.74) is 1.98. The molecule has 1 aliphatic heterocycles. The normalized spacial score (nSPS) is 29.9. The SMILES string of the molecule is COc1cc([C@@H]2c3c(cc(OC)c(O)c3OC)C[C@H](CO)[C@H]2CO[C@@H]2O[C@@H](C)[C@H](O)[C@@H](O)[C@H]2O)cc(OC)c1O. The van der Waals surface area contributed by atoms with Gasteiger partial charge in [0.05, 0.1) is 41.2 Å². The standard InChI is InChI=1S/C28H38O12/c1-12-22(30)25(33)26(34)28(40-12)39-11-16-15(10-29)6-13-7-19(37-4)24(32)27(38-5)21(13)20(16)14-8-17(35-2)23(31)18(9-14)36-3/h7-9,12,15-16,20,22,25-26,28-34H,6,10-11H2,1-5H3/t12-,15+,16+,20-,22-,25+,26+,28+/m0/s1.